The highest BCUT2D eigenvalue weighted by molar-refractivity contribution is 5.80. The smallest absolute Gasteiger partial charge is 0.317 e. The molecule has 1 saturated heterocycles. The van der Waals surface area contributed by atoms with Crippen LogP contribution in [0, 0.1) is 5.92 Å². The maximum Gasteiger partial charge on any atom is 0.317 e. The summed E-state index contributed by atoms with van der Waals surface area (Å²) in [5.41, 5.74) is 2.45. The molecule has 9 heteroatoms. The average molecular weight is 439 g/mol. The molecule has 5 rings (SSSR count). The molecule has 1 unspecified atom stereocenters. The lowest BCUT2D eigenvalue weighted by Crippen LogP contribution is -2.57. The Kier molecular flexibility index (Phi) is 5.82. The number of carbonyl (C=O) groups is 2. The van der Waals surface area contributed by atoms with E-state index in [1.54, 1.807) is 0 Å². The number of piperidine rings is 1. The Morgan fingerprint density at radius 1 is 1.16 bits per heavy atom. The molecule has 1 aliphatic carbocycles. The molecule has 32 heavy (non-hydrogen) atoms. The SMILES string of the molecule is O=C(NCc1nnn2c1COC1(CCCN(C(=O)NCCc3ccccc3)C1)C2)C1CC1. The number of ether oxygens (including phenoxy) is 1. The van der Waals surface area contributed by atoms with E-state index in [0.29, 0.717) is 32.8 Å². The highest BCUT2D eigenvalue weighted by Gasteiger charge is 2.42. The van der Waals surface area contributed by atoms with Gasteiger partial charge in [0.05, 0.1) is 31.9 Å². The van der Waals surface area contributed by atoms with Gasteiger partial charge in [0.25, 0.3) is 0 Å². The van der Waals surface area contributed by atoms with Gasteiger partial charge in [0.15, 0.2) is 0 Å². The molecular formula is C23H30N6O3. The van der Waals surface area contributed by atoms with Gasteiger partial charge in [-0.3, -0.25) is 4.79 Å². The van der Waals surface area contributed by atoms with Crippen molar-refractivity contribution in [2.75, 3.05) is 19.6 Å². The highest BCUT2D eigenvalue weighted by atomic mass is 16.5. The first-order chi connectivity index (χ1) is 15.6. The van der Waals surface area contributed by atoms with Gasteiger partial charge in [0, 0.05) is 19.0 Å². The number of hydrogen-bond acceptors (Lipinski definition) is 5. The third-order valence-electron chi connectivity index (χ3n) is 6.61. The molecule has 1 saturated carbocycles. The second kappa shape index (κ2) is 8.90. The van der Waals surface area contributed by atoms with E-state index in [1.807, 2.05) is 27.8 Å². The maximum atomic E-state index is 12.8. The Balaban J connectivity index is 1.15. The van der Waals surface area contributed by atoms with Gasteiger partial charge in [-0.15, -0.1) is 5.10 Å². The molecule has 0 radical (unpaired) electrons. The fraction of sp³-hybridized carbons (Fsp3) is 0.565. The van der Waals surface area contributed by atoms with Crippen LogP contribution in [0.5, 0.6) is 0 Å². The quantitative estimate of drug-likeness (QED) is 0.714. The number of fused-ring (bicyclic) bond motifs is 1. The van der Waals surface area contributed by atoms with Crippen molar-refractivity contribution in [3.63, 3.8) is 0 Å². The van der Waals surface area contributed by atoms with Crippen molar-refractivity contribution in [3.05, 3.63) is 47.3 Å². The molecular weight excluding hydrogens is 408 g/mol. The van der Waals surface area contributed by atoms with Gasteiger partial charge >= 0.3 is 6.03 Å². The van der Waals surface area contributed by atoms with E-state index in [1.165, 1.54) is 5.56 Å². The summed E-state index contributed by atoms with van der Waals surface area (Å²) in [5, 5.41) is 14.6. The van der Waals surface area contributed by atoms with E-state index in [4.69, 9.17) is 4.74 Å². The van der Waals surface area contributed by atoms with Gasteiger partial charge in [-0.1, -0.05) is 35.5 Å². The first kappa shape index (κ1) is 20.9. The van der Waals surface area contributed by atoms with E-state index in [0.717, 1.165) is 50.0 Å². The van der Waals surface area contributed by atoms with Gasteiger partial charge in [-0.25, -0.2) is 9.48 Å². The van der Waals surface area contributed by atoms with Crippen LogP contribution in [0.3, 0.4) is 0 Å². The Bertz CT molecular complexity index is 973. The minimum absolute atomic E-state index is 0.0449. The summed E-state index contributed by atoms with van der Waals surface area (Å²) in [6, 6.07) is 10.1. The lowest BCUT2D eigenvalue weighted by molar-refractivity contribution is -0.123. The molecule has 2 N–H and O–H groups in total. The lowest BCUT2D eigenvalue weighted by Gasteiger charge is -2.44. The largest absolute Gasteiger partial charge is 0.365 e. The van der Waals surface area contributed by atoms with Crippen LogP contribution >= 0.6 is 0 Å². The molecule has 1 aromatic carbocycles. The van der Waals surface area contributed by atoms with E-state index in [2.05, 4.69) is 33.1 Å². The van der Waals surface area contributed by atoms with Crippen molar-refractivity contribution in [2.45, 2.75) is 57.4 Å². The summed E-state index contributed by atoms with van der Waals surface area (Å²) in [4.78, 5) is 26.5. The molecule has 2 aliphatic heterocycles. The lowest BCUT2D eigenvalue weighted by atomic mass is 9.91. The Morgan fingerprint density at radius 3 is 2.81 bits per heavy atom. The van der Waals surface area contributed by atoms with Gasteiger partial charge in [-0.2, -0.15) is 0 Å². The number of carbonyl (C=O) groups excluding carboxylic acids is 2. The van der Waals surface area contributed by atoms with Crippen LogP contribution in [-0.2, 0) is 35.6 Å². The molecule has 3 heterocycles. The predicted molar refractivity (Wildman–Crippen MR) is 116 cm³/mol. The maximum absolute atomic E-state index is 12.8. The number of amides is 3. The summed E-state index contributed by atoms with van der Waals surface area (Å²) < 4.78 is 8.21. The summed E-state index contributed by atoms with van der Waals surface area (Å²) in [6.07, 6.45) is 4.54. The molecule has 2 aromatic rings. The first-order valence-electron chi connectivity index (χ1n) is 11.5. The fourth-order valence-electron chi connectivity index (χ4n) is 4.58. The molecule has 1 atom stereocenters. The van der Waals surface area contributed by atoms with Gasteiger partial charge < -0.3 is 20.3 Å². The van der Waals surface area contributed by atoms with Crippen LogP contribution in [0.4, 0.5) is 4.79 Å². The predicted octanol–water partition coefficient (Wildman–Crippen LogP) is 1.62. The van der Waals surface area contributed by atoms with Crippen molar-refractivity contribution in [1.82, 2.24) is 30.5 Å². The molecule has 3 aliphatic rings. The monoisotopic (exact) mass is 438 g/mol. The van der Waals surface area contributed by atoms with E-state index in [-0.39, 0.29) is 17.9 Å². The van der Waals surface area contributed by atoms with Crippen molar-refractivity contribution < 1.29 is 14.3 Å². The number of urea groups is 1. The van der Waals surface area contributed by atoms with Crippen molar-refractivity contribution in [1.29, 1.82) is 0 Å². The number of aromatic nitrogens is 3. The van der Waals surface area contributed by atoms with Gasteiger partial charge in [0.1, 0.15) is 11.3 Å². The summed E-state index contributed by atoms with van der Waals surface area (Å²) >= 11 is 0. The van der Waals surface area contributed by atoms with E-state index in [9.17, 15) is 9.59 Å². The number of nitrogens with one attached hydrogen (secondary N) is 2. The van der Waals surface area contributed by atoms with Crippen LogP contribution in [0.2, 0.25) is 0 Å². The molecule has 9 nitrogen and oxygen atoms in total. The molecule has 170 valence electrons. The summed E-state index contributed by atoms with van der Waals surface area (Å²) in [5.74, 6) is 0.272. The van der Waals surface area contributed by atoms with Crippen LogP contribution in [0.1, 0.15) is 42.6 Å². The zero-order valence-electron chi connectivity index (χ0n) is 18.3. The van der Waals surface area contributed by atoms with Crippen LogP contribution in [0.15, 0.2) is 30.3 Å². The molecule has 2 fully saturated rings. The minimum Gasteiger partial charge on any atom is -0.365 e. The number of benzene rings is 1. The second-order valence-corrected chi connectivity index (χ2v) is 9.10. The Morgan fingerprint density at radius 2 is 2.00 bits per heavy atom. The standard InChI is InChI=1S/C23H30N6O3/c30-21(18-7-8-18)25-13-19-20-14-32-23(16-29(20)27-26-19)10-4-12-28(15-23)22(31)24-11-9-17-5-2-1-3-6-17/h1-3,5-6,18H,4,7-16H2,(H,24,31)(H,25,30). The Hall–Kier alpha value is -2.94. The highest BCUT2D eigenvalue weighted by Crippen LogP contribution is 2.33. The number of nitrogens with zero attached hydrogens (tertiary/aromatic N) is 4. The number of rotatable bonds is 6. The van der Waals surface area contributed by atoms with Crippen molar-refractivity contribution >= 4 is 11.9 Å². The molecule has 1 aromatic heterocycles. The molecule has 0 bridgehead atoms. The number of likely N-dealkylation sites (tertiary alicyclic amines) is 1. The summed E-state index contributed by atoms with van der Waals surface area (Å²) in [6.45, 7) is 3.22. The van der Waals surface area contributed by atoms with Gasteiger partial charge in [-0.05, 0) is 37.7 Å². The van der Waals surface area contributed by atoms with Crippen LogP contribution < -0.4 is 10.6 Å². The average Bonchev–Trinajstić information content (AvgIpc) is 3.59. The fourth-order valence-corrected chi connectivity index (χ4v) is 4.58. The second-order valence-electron chi connectivity index (χ2n) is 9.10. The third-order valence-corrected chi connectivity index (χ3v) is 6.61. The zero-order chi connectivity index (χ0) is 22.0. The minimum atomic E-state index is -0.440. The van der Waals surface area contributed by atoms with Crippen LogP contribution in [-0.4, -0.2) is 57.1 Å². The van der Waals surface area contributed by atoms with E-state index >= 15 is 0 Å². The molecule has 1 spiro atoms. The molecule has 3 amide bonds. The van der Waals surface area contributed by atoms with Crippen molar-refractivity contribution in [2.24, 2.45) is 5.92 Å². The first-order valence-corrected chi connectivity index (χ1v) is 11.5. The van der Waals surface area contributed by atoms with Gasteiger partial charge in [0.2, 0.25) is 5.91 Å². The van der Waals surface area contributed by atoms with E-state index < -0.39 is 5.60 Å². The summed E-state index contributed by atoms with van der Waals surface area (Å²) in [7, 11) is 0. The van der Waals surface area contributed by atoms with Crippen LogP contribution in [0.25, 0.3) is 0 Å². The zero-order valence-corrected chi connectivity index (χ0v) is 18.3. The topological polar surface area (TPSA) is 101 Å². The number of hydrogen-bond donors (Lipinski definition) is 2. The third kappa shape index (κ3) is 4.62. The normalized spacial score (nSPS) is 22.4. The Labute approximate surface area is 187 Å². The van der Waals surface area contributed by atoms with Crippen molar-refractivity contribution in [3.8, 4) is 0 Å².